The molecule has 0 amide bonds. The van der Waals surface area contributed by atoms with E-state index < -0.39 is 0 Å². The van der Waals surface area contributed by atoms with Crippen LogP contribution in [-0.4, -0.2) is 49.2 Å². The summed E-state index contributed by atoms with van der Waals surface area (Å²) in [5.74, 6) is 0.803. The summed E-state index contributed by atoms with van der Waals surface area (Å²) in [6.07, 6.45) is 1.09. The molecule has 102 valence electrons. The molecule has 0 saturated carbocycles. The van der Waals surface area contributed by atoms with Crippen molar-refractivity contribution in [1.82, 2.24) is 15.2 Å². The van der Waals surface area contributed by atoms with Crippen molar-refractivity contribution >= 4 is 5.82 Å². The first-order valence-electron chi connectivity index (χ1n) is 6.83. The second-order valence-corrected chi connectivity index (χ2v) is 4.87. The topological polar surface area (TPSA) is 64.0 Å². The van der Waals surface area contributed by atoms with E-state index in [0.717, 1.165) is 57.2 Å². The van der Waals surface area contributed by atoms with Crippen molar-refractivity contribution in [2.24, 2.45) is 0 Å². The van der Waals surface area contributed by atoms with Crippen molar-refractivity contribution in [3.05, 3.63) is 23.4 Å². The predicted molar refractivity (Wildman–Crippen MR) is 76.1 cm³/mol. The lowest BCUT2D eigenvalue weighted by Gasteiger charge is -2.27. The van der Waals surface area contributed by atoms with Gasteiger partial charge in [0.2, 0.25) is 0 Å². The lowest BCUT2D eigenvalue weighted by Crippen LogP contribution is -2.44. The molecule has 1 aliphatic rings. The fourth-order valence-corrected chi connectivity index (χ4v) is 2.28. The number of nitrogens with one attached hydrogen (secondary N) is 2. The number of nitriles is 1. The predicted octanol–water partition coefficient (Wildman–Crippen LogP) is 0.969. The minimum absolute atomic E-state index is 0.664. The Morgan fingerprint density at radius 3 is 2.95 bits per heavy atom. The molecule has 0 bridgehead atoms. The molecule has 0 radical (unpaired) electrons. The number of nitrogens with zero attached hydrogens (tertiary/aromatic N) is 3. The summed E-state index contributed by atoms with van der Waals surface area (Å²) in [5, 5.41) is 15.6. The van der Waals surface area contributed by atoms with Gasteiger partial charge in [-0.25, -0.2) is 4.98 Å². The minimum Gasteiger partial charge on any atom is -0.370 e. The maximum absolute atomic E-state index is 8.91. The van der Waals surface area contributed by atoms with E-state index in [9.17, 15) is 0 Å². The molecule has 1 aliphatic heterocycles. The third-order valence-corrected chi connectivity index (χ3v) is 3.25. The van der Waals surface area contributed by atoms with Crippen LogP contribution in [0.2, 0.25) is 0 Å². The van der Waals surface area contributed by atoms with Crippen LogP contribution in [0.4, 0.5) is 5.82 Å². The highest BCUT2D eigenvalue weighted by molar-refractivity contribution is 5.44. The van der Waals surface area contributed by atoms with Gasteiger partial charge in [0.15, 0.2) is 0 Å². The van der Waals surface area contributed by atoms with Gasteiger partial charge in [0, 0.05) is 38.4 Å². The van der Waals surface area contributed by atoms with Gasteiger partial charge in [-0.15, -0.1) is 0 Å². The molecule has 0 spiro atoms. The number of aryl methyl sites for hydroxylation is 1. The van der Waals surface area contributed by atoms with Crippen molar-refractivity contribution < 1.29 is 0 Å². The third-order valence-electron chi connectivity index (χ3n) is 3.25. The van der Waals surface area contributed by atoms with Gasteiger partial charge in [-0.05, 0) is 32.0 Å². The summed E-state index contributed by atoms with van der Waals surface area (Å²) in [5.41, 5.74) is 1.54. The van der Waals surface area contributed by atoms with Crippen molar-refractivity contribution in [2.75, 3.05) is 44.6 Å². The molecule has 2 N–H and O–H groups in total. The van der Waals surface area contributed by atoms with Crippen LogP contribution in [0.25, 0.3) is 0 Å². The summed E-state index contributed by atoms with van der Waals surface area (Å²) in [6.45, 7) is 8.39. The smallest absolute Gasteiger partial charge is 0.127 e. The molecule has 1 aromatic rings. The molecule has 0 atom stereocenters. The molecule has 2 rings (SSSR count). The Morgan fingerprint density at radius 1 is 1.42 bits per heavy atom. The SMILES string of the molecule is Cc1cc(C#N)cc(NCCCN2CCNCC2)n1. The Labute approximate surface area is 114 Å². The third kappa shape index (κ3) is 4.51. The summed E-state index contributed by atoms with van der Waals surface area (Å²) in [6, 6.07) is 5.76. The van der Waals surface area contributed by atoms with Crippen LogP contribution in [0.15, 0.2) is 12.1 Å². The van der Waals surface area contributed by atoms with Crippen LogP contribution in [-0.2, 0) is 0 Å². The zero-order valence-corrected chi connectivity index (χ0v) is 11.4. The van der Waals surface area contributed by atoms with Crippen LogP contribution in [0.5, 0.6) is 0 Å². The van der Waals surface area contributed by atoms with Crippen LogP contribution in [0.3, 0.4) is 0 Å². The van der Waals surface area contributed by atoms with Crippen LogP contribution in [0, 0.1) is 18.3 Å². The van der Waals surface area contributed by atoms with Crippen LogP contribution in [0.1, 0.15) is 17.7 Å². The summed E-state index contributed by atoms with van der Waals surface area (Å²) in [7, 11) is 0. The van der Waals surface area contributed by atoms with E-state index in [4.69, 9.17) is 5.26 Å². The van der Waals surface area contributed by atoms with E-state index in [1.807, 2.05) is 6.92 Å². The highest BCUT2D eigenvalue weighted by atomic mass is 15.2. The first kappa shape index (κ1) is 13.8. The van der Waals surface area contributed by atoms with Gasteiger partial charge in [-0.2, -0.15) is 5.26 Å². The Bertz CT molecular complexity index is 446. The molecule has 1 fully saturated rings. The van der Waals surface area contributed by atoms with Crippen molar-refractivity contribution in [3.63, 3.8) is 0 Å². The van der Waals surface area contributed by atoms with Gasteiger partial charge in [0.05, 0.1) is 11.6 Å². The highest BCUT2D eigenvalue weighted by Gasteiger charge is 2.08. The fraction of sp³-hybridized carbons (Fsp3) is 0.571. The second kappa shape index (κ2) is 7.07. The highest BCUT2D eigenvalue weighted by Crippen LogP contribution is 2.09. The molecule has 5 nitrogen and oxygen atoms in total. The van der Waals surface area contributed by atoms with Crippen molar-refractivity contribution in [3.8, 4) is 6.07 Å². The van der Waals surface area contributed by atoms with E-state index in [1.54, 1.807) is 12.1 Å². The Kier molecular flexibility index (Phi) is 5.13. The number of hydrogen-bond acceptors (Lipinski definition) is 5. The molecule has 0 aromatic carbocycles. The number of pyridine rings is 1. The lowest BCUT2D eigenvalue weighted by molar-refractivity contribution is 0.240. The van der Waals surface area contributed by atoms with Crippen molar-refractivity contribution in [2.45, 2.75) is 13.3 Å². The molecule has 2 heterocycles. The first-order valence-corrected chi connectivity index (χ1v) is 6.83. The molecular weight excluding hydrogens is 238 g/mol. The number of rotatable bonds is 5. The van der Waals surface area contributed by atoms with Gasteiger partial charge in [-0.1, -0.05) is 0 Å². The molecule has 1 saturated heterocycles. The minimum atomic E-state index is 0.664. The van der Waals surface area contributed by atoms with Gasteiger partial charge in [0.1, 0.15) is 5.82 Å². The number of hydrogen-bond donors (Lipinski definition) is 2. The van der Waals surface area contributed by atoms with E-state index in [0.29, 0.717) is 5.56 Å². The number of piperazine rings is 1. The largest absolute Gasteiger partial charge is 0.370 e. The van der Waals surface area contributed by atoms with Gasteiger partial charge >= 0.3 is 0 Å². The average molecular weight is 259 g/mol. The molecule has 0 aliphatic carbocycles. The summed E-state index contributed by atoms with van der Waals surface area (Å²) >= 11 is 0. The van der Waals surface area contributed by atoms with E-state index >= 15 is 0 Å². The Hall–Kier alpha value is -1.64. The van der Waals surface area contributed by atoms with E-state index in [-0.39, 0.29) is 0 Å². The summed E-state index contributed by atoms with van der Waals surface area (Å²) < 4.78 is 0. The van der Waals surface area contributed by atoms with Crippen LogP contribution >= 0.6 is 0 Å². The maximum atomic E-state index is 8.91. The normalized spacial score (nSPS) is 16.0. The van der Waals surface area contributed by atoms with Gasteiger partial charge < -0.3 is 15.5 Å². The van der Waals surface area contributed by atoms with E-state index in [1.165, 1.54) is 0 Å². The van der Waals surface area contributed by atoms with E-state index in [2.05, 4.69) is 26.6 Å². The fourth-order valence-electron chi connectivity index (χ4n) is 2.28. The maximum Gasteiger partial charge on any atom is 0.127 e. The molecule has 1 aromatic heterocycles. The Balaban J connectivity index is 1.73. The molecule has 19 heavy (non-hydrogen) atoms. The second-order valence-electron chi connectivity index (χ2n) is 4.87. The monoisotopic (exact) mass is 259 g/mol. The standard InChI is InChI=1S/C14H21N5/c1-12-9-13(11-15)10-14(18-12)17-3-2-6-19-7-4-16-5-8-19/h9-10,16H,2-8H2,1H3,(H,17,18). The van der Waals surface area contributed by atoms with Crippen LogP contribution < -0.4 is 10.6 Å². The molecule has 5 heteroatoms. The zero-order chi connectivity index (χ0) is 13.5. The lowest BCUT2D eigenvalue weighted by atomic mass is 10.2. The van der Waals surface area contributed by atoms with Gasteiger partial charge in [-0.3, -0.25) is 0 Å². The number of aromatic nitrogens is 1. The summed E-state index contributed by atoms with van der Waals surface area (Å²) in [4.78, 5) is 6.86. The average Bonchev–Trinajstić information content (AvgIpc) is 2.44. The molecular formula is C14H21N5. The quantitative estimate of drug-likeness (QED) is 0.771. The van der Waals surface area contributed by atoms with Crippen molar-refractivity contribution in [1.29, 1.82) is 5.26 Å². The first-order chi connectivity index (χ1) is 9.28. The molecule has 0 unspecified atom stereocenters. The zero-order valence-electron chi connectivity index (χ0n) is 11.4. The number of anilines is 1. The Morgan fingerprint density at radius 2 is 2.21 bits per heavy atom. The van der Waals surface area contributed by atoms with Gasteiger partial charge in [0.25, 0.3) is 0 Å².